The van der Waals surface area contributed by atoms with Gasteiger partial charge in [-0.25, -0.2) is 4.79 Å². The summed E-state index contributed by atoms with van der Waals surface area (Å²) in [6.07, 6.45) is 1.76. The van der Waals surface area contributed by atoms with E-state index in [-0.39, 0.29) is 30.2 Å². The largest absolute Gasteiger partial charge is 0.444 e. The van der Waals surface area contributed by atoms with Crippen LogP contribution in [0, 0.1) is 11.8 Å². The highest BCUT2D eigenvalue weighted by atomic mass is 19.3. The fourth-order valence-electron chi connectivity index (χ4n) is 3.54. The second kappa shape index (κ2) is 10.6. The van der Waals surface area contributed by atoms with Gasteiger partial charge in [0.15, 0.2) is 0 Å². The van der Waals surface area contributed by atoms with Crippen molar-refractivity contribution in [3.05, 3.63) is 29.8 Å². The molecule has 8 heteroatoms. The molecule has 30 heavy (non-hydrogen) atoms. The lowest BCUT2D eigenvalue weighted by Crippen LogP contribution is -2.43. The molecule has 0 aromatic heterocycles. The molecule has 1 aliphatic rings. The summed E-state index contributed by atoms with van der Waals surface area (Å²) >= 11 is 0. The lowest BCUT2D eigenvalue weighted by molar-refractivity contribution is -0.122. The third kappa shape index (κ3) is 8.16. The van der Waals surface area contributed by atoms with Crippen LogP contribution in [0.25, 0.3) is 0 Å². The number of nitrogens with zero attached hydrogens (tertiary/aromatic N) is 1. The molecule has 0 bridgehead atoms. The van der Waals surface area contributed by atoms with Crippen molar-refractivity contribution in [3.63, 3.8) is 0 Å². The SMILES string of the molecule is CC(CC(=O)NCc1cccc(OC(F)F)c1)C1CCN(C(=O)OC(C)(C)C)CC1. The molecule has 1 N–H and O–H groups in total. The molecule has 6 nitrogen and oxygen atoms in total. The maximum Gasteiger partial charge on any atom is 0.410 e. The first-order chi connectivity index (χ1) is 14.0. The van der Waals surface area contributed by atoms with Crippen LogP contribution in [-0.4, -0.2) is 42.2 Å². The molecule has 1 heterocycles. The highest BCUT2D eigenvalue weighted by Crippen LogP contribution is 2.28. The molecule has 2 amide bonds. The maximum absolute atomic E-state index is 12.3. The Labute approximate surface area is 176 Å². The van der Waals surface area contributed by atoms with Gasteiger partial charge in [0.2, 0.25) is 5.91 Å². The van der Waals surface area contributed by atoms with E-state index >= 15 is 0 Å². The van der Waals surface area contributed by atoms with E-state index in [4.69, 9.17) is 4.74 Å². The Balaban J connectivity index is 1.74. The van der Waals surface area contributed by atoms with E-state index in [0.717, 1.165) is 12.8 Å². The summed E-state index contributed by atoms with van der Waals surface area (Å²) in [7, 11) is 0. The van der Waals surface area contributed by atoms with Crippen LogP contribution in [0.1, 0.15) is 52.5 Å². The van der Waals surface area contributed by atoms with Crippen LogP contribution in [-0.2, 0) is 16.1 Å². The maximum atomic E-state index is 12.3. The number of alkyl halides is 2. The molecule has 0 saturated carbocycles. The Morgan fingerprint density at radius 2 is 1.90 bits per heavy atom. The van der Waals surface area contributed by atoms with E-state index in [1.165, 1.54) is 12.1 Å². The number of nitrogens with one attached hydrogen (secondary N) is 1. The van der Waals surface area contributed by atoms with Gasteiger partial charge in [-0.15, -0.1) is 0 Å². The second-order valence-electron chi connectivity index (χ2n) is 8.79. The average Bonchev–Trinajstić information content (AvgIpc) is 2.65. The molecule has 0 radical (unpaired) electrons. The third-order valence-electron chi connectivity index (χ3n) is 5.12. The number of ether oxygens (including phenoxy) is 2. The number of halogens is 2. The standard InChI is InChI=1S/C22H32F2N2O4/c1-15(17-8-10-26(11-9-17)21(28)30-22(2,3)4)12-19(27)25-14-16-6-5-7-18(13-16)29-20(23)24/h5-7,13,15,17,20H,8-12,14H2,1-4H3,(H,25,27). The Morgan fingerprint density at radius 3 is 2.50 bits per heavy atom. The van der Waals surface area contributed by atoms with Crippen molar-refractivity contribution >= 4 is 12.0 Å². The summed E-state index contributed by atoms with van der Waals surface area (Å²) in [5.74, 6) is 0.524. The Bertz CT molecular complexity index is 713. The summed E-state index contributed by atoms with van der Waals surface area (Å²) in [6.45, 7) is 6.22. The minimum absolute atomic E-state index is 0.0712. The van der Waals surface area contributed by atoms with Gasteiger partial charge in [-0.3, -0.25) is 4.79 Å². The lowest BCUT2D eigenvalue weighted by Gasteiger charge is -2.35. The minimum Gasteiger partial charge on any atom is -0.444 e. The fraction of sp³-hybridized carbons (Fsp3) is 0.636. The van der Waals surface area contributed by atoms with Crippen molar-refractivity contribution in [1.82, 2.24) is 10.2 Å². The number of likely N-dealkylation sites (tertiary alicyclic amines) is 1. The van der Waals surface area contributed by atoms with Crippen LogP contribution < -0.4 is 10.1 Å². The predicted molar refractivity (Wildman–Crippen MR) is 109 cm³/mol. The van der Waals surface area contributed by atoms with Crippen molar-refractivity contribution in [1.29, 1.82) is 0 Å². The first kappa shape index (κ1) is 23.9. The van der Waals surface area contributed by atoms with Gasteiger partial charge in [-0.05, 0) is 63.1 Å². The molecule has 2 rings (SSSR count). The van der Waals surface area contributed by atoms with Crippen molar-refractivity contribution in [2.45, 2.75) is 65.7 Å². The van der Waals surface area contributed by atoms with Gasteiger partial charge in [-0.1, -0.05) is 19.1 Å². The number of amides is 2. The first-order valence-electron chi connectivity index (χ1n) is 10.3. The highest BCUT2D eigenvalue weighted by Gasteiger charge is 2.29. The zero-order chi connectivity index (χ0) is 22.3. The summed E-state index contributed by atoms with van der Waals surface area (Å²) in [4.78, 5) is 26.2. The monoisotopic (exact) mass is 426 g/mol. The van der Waals surface area contributed by atoms with E-state index in [1.807, 2.05) is 27.7 Å². The van der Waals surface area contributed by atoms with Gasteiger partial charge in [0.25, 0.3) is 0 Å². The van der Waals surface area contributed by atoms with Crippen LogP contribution >= 0.6 is 0 Å². The summed E-state index contributed by atoms with van der Waals surface area (Å²) in [5, 5.41) is 2.84. The molecule has 1 aliphatic heterocycles. The Morgan fingerprint density at radius 1 is 1.23 bits per heavy atom. The fourth-order valence-corrected chi connectivity index (χ4v) is 3.54. The molecule has 168 valence electrons. The normalized spacial score (nSPS) is 16.3. The second-order valence-corrected chi connectivity index (χ2v) is 8.79. The van der Waals surface area contributed by atoms with Crippen LogP contribution in [0.2, 0.25) is 0 Å². The summed E-state index contributed by atoms with van der Waals surface area (Å²) in [5.41, 5.74) is 0.185. The predicted octanol–water partition coefficient (Wildman–Crippen LogP) is 4.58. The number of rotatable bonds is 7. The molecule has 1 fully saturated rings. The number of benzene rings is 1. The Kier molecular flexibility index (Phi) is 8.43. The number of carbonyl (C=O) groups is 2. The molecule has 1 aromatic carbocycles. The van der Waals surface area contributed by atoms with Gasteiger partial charge in [-0.2, -0.15) is 8.78 Å². The van der Waals surface area contributed by atoms with Crippen LogP contribution in [0.15, 0.2) is 24.3 Å². The molecule has 0 spiro atoms. The van der Waals surface area contributed by atoms with E-state index in [1.54, 1.807) is 17.0 Å². The van der Waals surface area contributed by atoms with Gasteiger partial charge < -0.3 is 19.7 Å². The summed E-state index contributed by atoms with van der Waals surface area (Å²) < 4.78 is 34.4. The van der Waals surface area contributed by atoms with E-state index in [9.17, 15) is 18.4 Å². The smallest absolute Gasteiger partial charge is 0.410 e. The minimum atomic E-state index is -2.88. The molecule has 0 aliphatic carbocycles. The first-order valence-corrected chi connectivity index (χ1v) is 10.3. The molecule has 1 atom stereocenters. The zero-order valence-electron chi connectivity index (χ0n) is 18.1. The van der Waals surface area contributed by atoms with E-state index < -0.39 is 12.2 Å². The van der Waals surface area contributed by atoms with Gasteiger partial charge in [0, 0.05) is 26.1 Å². The molecular weight excluding hydrogens is 394 g/mol. The molecule has 1 saturated heterocycles. The van der Waals surface area contributed by atoms with Crippen molar-refractivity contribution in [2.24, 2.45) is 11.8 Å². The van der Waals surface area contributed by atoms with E-state index in [0.29, 0.717) is 31.0 Å². The summed E-state index contributed by atoms with van der Waals surface area (Å²) in [6, 6.07) is 6.29. The molecule has 1 aromatic rings. The van der Waals surface area contributed by atoms with Gasteiger partial charge in [0.05, 0.1) is 0 Å². The topological polar surface area (TPSA) is 67.9 Å². The van der Waals surface area contributed by atoms with Gasteiger partial charge >= 0.3 is 12.7 Å². The number of carbonyl (C=O) groups excluding carboxylic acids is 2. The Hall–Kier alpha value is -2.38. The highest BCUT2D eigenvalue weighted by molar-refractivity contribution is 5.76. The lowest BCUT2D eigenvalue weighted by atomic mass is 9.83. The van der Waals surface area contributed by atoms with Crippen molar-refractivity contribution in [3.8, 4) is 5.75 Å². The number of hydrogen-bond acceptors (Lipinski definition) is 4. The zero-order valence-corrected chi connectivity index (χ0v) is 18.1. The van der Waals surface area contributed by atoms with Crippen LogP contribution in [0.4, 0.5) is 13.6 Å². The quantitative estimate of drug-likeness (QED) is 0.693. The third-order valence-corrected chi connectivity index (χ3v) is 5.12. The van der Waals surface area contributed by atoms with Crippen molar-refractivity contribution < 1.29 is 27.8 Å². The number of piperidine rings is 1. The van der Waals surface area contributed by atoms with E-state index in [2.05, 4.69) is 10.1 Å². The van der Waals surface area contributed by atoms with Crippen LogP contribution in [0.3, 0.4) is 0 Å². The van der Waals surface area contributed by atoms with Crippen LogP contribution in [0.5, 0.6) is 5.75 Å². The average molecular weight is 427 g/mol. The van der Waals surface area contributed by atoms with Gasteiger partial charge in [0.1, 0.15) is 11.4 Å². The number of hydrogen-bond donors (Lipinski definition) is 1. The van der Waals surface area contributed by atoms with Crippen molar-refractivity contribution in [2.75, 3.05) is 13.1 Å². The molecular formula is C22H32F2N2O4. The molecule has 1 unspecified atom stereocenters.